The van der Waals surface area contributed by atoms with Crippen molar-refractivity contribution in [2.75, 3.05) is 4.90 Å². The van der Waals surface area contributed by atoms with Gasteiger partial charge in [-0.15, -0.1) is 0 Å². The van der Waals surface area contributed by atoms with E-state index < -0.39 is 5.97 Å². The molecule has 1 saturated heterocycles. The van der Waals surface area contributed by atoms with Crippen LogP contribution in [0, 0.1) is 23.7 Å². The van der Waals surface area contributed by atoms with Crippen molar-refractivity contribution < 1.29 is 19.1 Å². The second kappa shape index (κ2) is 6.55. The number of esters is 1. The fraction of sp³-hybridized carbons (Fsp3) is 0.318. The van der Waals surface area contributed by atoms with Crippen LogP contribution in [-0.2, 0) is 9.59 Å². The van der Waals surface area contributed by atoms with Gasteiger partial charge in [0.1, 0.15) is 5.75 Å². The molecule has 2 aromatic carbocycles. The zero-order chi connectivity index (χ0) is 19.4. The Bertz CT molecular complexity index is 941. The number of amides is 2. The minimum absolute atomic E-state index is 0.0678. The van der Waals surface area contributed by atoms with Gasteiger partial charge in [-0.3, -0.25) is 14.5 Å². The van der Waals surface area contributed by atoms with Gasteiger partial charge in [-0.2, -0.15) is 0 Å². The van der Waals surface area contributed by atoms with Crippen molar-refractivity contribution in [3.05, 3.63) is 58.6 Å². The van der Waals surface area contributed by atoms with Crippen molar-refractivity contribution in [3.8, 4) is 5.75 Å². The molecule has 2 saturated carbocycles. The number of imide groups is 1. The summed E-state index contributed by atoms with van der Waals surface area (Å²) in [4.78, 5) is 39.3. The first-order valence-corrected chi connectivity index (χ1v) is 10.3. The summed E-state index contributed by atoms with van der Waals surface area (Å²) < 4.78 is 6.27. The second-order valence-electron chi connectivity index (χ2n) is 7.79. The van der Waals surface area contributed by atoms with Crippen LogP contribution < -0.4 is 9.64 Å². The number of carbonyl (C=O) groups excluding carboxylic acids is 3. The first kappa shape index (κ1) is 17.6. The maximum atomic E-state index is 12.9. The Balaban J connectivity index is 1.33. The number of hydrogen-bond donors (Lipinski definition) is 0. The summed E-state index contributed by atoms with van der Waals surface area (Å²) in [6.45, 7) is 0. The first-order valence-electron chi connectivity index (χ1n) is 9.48. The highest BCUT2D eigenvalue weighted by atomic mass is 79.9. The normalized spacial score (nSPS) is 28.0. The van der Waals surface area contributed by atoms with Gasteiger partial charge < -0.3 is 4.74 Å². The summed E-state index contributed by atoms with van der Waals surface area (Å²) in [5, 5.41) is 0. The van der Waals surface area contributed by atoms with Crippen molar-refractivity contribution >= 4 is 39.4 Å². The van der Waals surface area contributed by atoms with Crippen LogP contribution in [0.4, 0.5) is 5.69 Å². The fourth-order valence-electron chi connectivity index (χ4n) is 5.08. The van der Waals surface area contributed by atoms with E-state index in [2.05, 4.69) is 15.9 Å². The van der Waals surface area contributed by atoms with Crippen LogP contribution in [0.25, 0.3) is 0 Å². The van der Waals surface area contributed by atoms with Crippen molar-refractivity contribution in [3.63, 3.8) is 0 Å². The fourth-order valence-corrected chi connectivity index (χ4v) is 5.34. The Kier molecular flexibility index (Phi) is 4.12. The Hall–Kier alpha value is -2.47. The van der Waals surface area contributed by atoms with Crippen molar-refractivity contribution in [1.29, 1.82) is 0 Å². The quantitative estimate of drug-likeness (QED) is 0.408. The van der Waals surface area contributed by atoms with E-state index in [1.165, 1.54) is 4.90 Å². The average molecular weight is 440 g/mol. The molecule has 2 bridgehead atoms. The van der Waals surface area contributed by atoms with E-state index in [-0.39, 0.29) is 23.7 Å². The molecule has 2 aromatic rings. The average Bonchev–Trinajstić information content (AvgIpc) is 3.37. The number of nitrogens with zero attached hydrogens (tertiary/aromatic N) is 1. The zero-order valence-corrected chi connectivity index (χ0v) is 16.6. The molecule has 4 atom stereocenters. The van der Waals surface area contributed by atoms with Crippen LogP contribution in [0.2, 0.25) is 0 Å². The van der Waals surface area contributed by atoms with Gasteiger partial charge in [-0.1, -0.05) is 15.9 Å². The smallest absolute Gasteiger partial charge is 0.343 e. The minimum atomic E-state index is -0.459. The number of rotatable bonds is 3. The van der Waals surface area contributed by atoms with E-state index >= 15 is 0 Å². The third-order valence-electron chi connectivity index (χ3n) is 6.31. The highest BCUT2D eigenvalue weighted by Gasteiger charge is 2.61. The predicted molar refractivity (Wildman–Crippen MR) is 106 cm³/mol. The molecule has 5 nitrogen and oxygen atoms in total. The van der Waals surface area contributed by atoms with Gasteiger partial charge in [-0.25, -0.2) is 4.79 Å². The number of fused-ring (bicyclic) bond motifs is 5. The number of ether oxygens (including phenoxy) is 1. The van der Waals surface area contributed by atoms with Gasteiger partial charge in [0.2, 0.25) is 11.8 Å². The highest BCUT2D eigenvalue weighted by Crippen LogP contribution is 2.56. The summed E-state index contributed by atoms with van der Waals surface area (Å²) >= 11 is 3.33. The Morgan fingerprint density at radius 3 is 2.04 bits per heavy atom. The molecule has 0 unspecified atom stereocenters. The van der Waals surface area contributed by atoms with Crippen molar-refractivity contribution in [2.24, 2.45) is 23.7 Å². The van der Waals surface area contributed by atoms with E-state index in [0.29, 0.717) is 28.8 Å². The number of halogens is 1. The van der Waals surface area contributed by atoms with E-state index in [0.717, 1.165) is 23.7 Å². The standard InChI is InChI=1S/C22H18BrNO4/c23-15-5-3-12(4-6-15)22(27)28-17-9-7-16(8-10-17)24-20(25)18-13-1-2-14(11-13)19(18)21(24)26/h3-10,13-14,18-19H,1-2,11H2/t13-,14+,18-,19+. The number of benzene rings is 2. The van der Waals surface area contributed by atoms with E-state index in [4.69, 9.17) is 4.74 Å². The molecule has 0 aromatic heterocycles. The summed E-state index contributed by atoms with van der Waals surface area (Å²) in [6, 6.07) is 13.5. The van der Waals surface area contributed by atoms with Crippen molar-refractivity contribution in [2.45, 2.75) is 19.3 Å². The van der Waals surface area contributed by atoms with Crippen molar-refractivity contribution in [1.82, 2.24) is 0 Å². The van der Waals surface area contributed by atoms with Crippen LogP contribution in [0.15, 0.2) is 53.0 Å². The van der Waals surface area contributed by atoms with Crippen LogP contribution in [0.5, 0.6) is 5.75 Å². The molecule has 3 fully saturated rings. The van der Waals surface area contributed by atoms with E-state index in [1.807, 2.05) is 0 Å². The summed E-state index contributed by atoms with van der Waals surface area (Å²) in [6.07, 6.45) is 3.14. The lowest BCUT2D eigenvalue weighted by Crippen LogP contribution is -2.32. The molecule has 0 N–H and O–H groups in total. The van der Waals surface area contributed by atoms with E-state index in [9.17, 15) is 14.4 Å². The lowest BCUT2D eigenvalue weighted by Gasteiger charge is -2.19. The summed E-state index contributed by atoms with van der Waals surface area (Å²) in [5.74, 6) is 0.229. The molecule has 0 spiro atoms. The van der Waals surface area contributed by atoms with Gasteiger partial charge in [0, 0.05) is 4.47 Å². The maximum absolute atomic E-state index is 12.9. The number of carbonyl (C=O) groups is 3. The monoisotopic (exact) mass is 439 g/mol. The largest absolute Gasteiger partial charge is 0.423 e. The third kappa shape index (κ3) is 2.70. The molecule has 5 rings (SSSR count). The van der Waals surface area contributed by atoms with Crippen LogP contribution in [0.3, 0.4) is 0 Å². The Morgan fingerprint density at radius 2 is 1.46 bits per heavy atom. The predicted octanol–water partition coefficient (Wildman–Crippen LogP) is 4.20. The molecular weight excluding hydrogens is 422 g/mol. The van der Waals surface area contributed by atoms with Gasteiger partial charge >= 0.3 is 5.97 Å². The molecule has 2 amide bonds. The molecule has 28 heavy (non-hydrogen) atoms. The SMILES string of the molecule is O=C(Oc1ccc(N2C(=O)[C@@H]3[C@@H]4CC[C@@H](C4)[C@@H]3C2=O)cc1)c1ccc(Br)cc1. The molecular formula is C22H18BrNO4. The van der Waals surface area contributed by atoms with Gasteiger partial charge in [0.25, 0.3) is 0 Å². The third-order valence-corrected chi connectivity index (χ3v) is 6.84. The first-order chi connectivity index (χ1) is 13.5. The topological polar surface area (TPSA) is 63.7 Å². The van der Waals surface area contributed by atoms with E-state index in [1.54, 1.807) is 48.5 Å². The minimum Gasteiger partial charge on any atom is -0.423 e. The molecule has 1 heterocycles. The second-order valence-corrected chi connectivity index (χ2v) is 8.70. The van der Waals surface area contributed by atoms with Gasteiger partial charge in [0.05, 0.1) is 23.1 Å². The summed E-state index contributed by atoms with van der Waals surface area (Å²) in [7, 11) is 0. The van der Waals surface area contributed by atoms with Gasteiger partial charge in [0.15, 0.2) is 0 Å². The molecule has 3 aliphatic rings. The number of anilines is 1. The molecule has 2 aliphatic carbocycles. The molecule has 1 aliphatic heterocycles. The Labute approximate surface area is 170 Å². The highest BCUT2D eigenvalue weighted by molar-refractivity contribution is 9.10. The molecule has 6 heteroatoms. The van der Waals surface area contributed by atoms with Crippen LogP contribution in [-0.4, -0.2) is 17.8 Å². The van der Waals surface area contributed by atoms with Crippen LogP contribution in [0.1, 0.15) is 29.6 Å². The molecule has 142 valence electrons. The summed E-state index contributed by atoms with van der Waals surface area (Å²) in [5.41, 5.74) is 0.993. The van der Waals surface area contributed by atoms with Gasteiger partial charge in [-0.05, 0) is 79.6 Å². The number of hydrogen-bond acceptors (Lipinski definition) is 4. The lowest BCUT2D eigenvalue weighted by molar-refractivity contribution is -0.123. The Morgan fingerprint density at radius 1 is 0.893 bits per heavy atom. The maximum Gasteiger partial charge on any atom is 0.343 e. The molecule has 0 radical (unpaired) electrons. The van der Waals surface area contributed by atoms with Crippen LogP contribution >= 0.6 is 15.9 Å². The lowest BCUT2D eigenvalue weighted by atomic mass is 9.81. The zero-order valence-electron chi connectivity index (χ0n) is 15.0.